The van der Waals surface area contributed by atoms with E-state index in [-0.39, 0.29) is 24.7 Å². The molecule has 0 saturated heterocycles. The van der Waals surface area contributed by atoms with Gasteiger partial charge in [-0.05, 0) is 17.7 Å². The highest BCUT2D eigenvalue weighted by Gasteiger charge is 2.07. The average molecular weight is 291 g/mol. The first kappa shape index (κ1) is 14.8. The second-order valence-electron chi connectivity index (χ2n) is 4.19. The Labute approximate surface area is 120 Å². The van der Waals surface area contributed by atoms with Crippen LogP contribution in [0.4, 0.5) is 10.1 Å². The number of halogens is 1. The van der Waals surface area contributed by atoms with E-state index in [0.717, 1.165) is 11.6 Å². The summed E-state index contributed by atoms with van der Waals surface area (Å²) in [5.74, 6) is -1.07. The predicted octanol–water partition coefficient (Wildman–Crippen LogP) is 2.75. The Bertz CT molecular complexity index is 604. The summed E-state index contributed by atoms with van der Waals surface area (Å²) in [6.45, 7) is -0.164. The molecule has 0 aliphatic carbocycles. The van der Waals surface area contributed by atoms with Gasteiger partial charge in [-0.15, -0.1) is 0 Å². The SMILES string of the molecule is O=C(COc1ccc(NO)c(F)c1)OCc1ccccc1. The molecule has 0 atom stereocenters. The molecule has 0 saturated carbocycles. The molecule has 6 heteroatoms. The molecule has 2 aromatic rings. The van der Waals surface area contributed by atoms with Gasteiger partial charge in [0, 0.05) is 6.07 Å². The zero-order chi connectivity index (χ0) is 15.1. The summed E-state index contributed by atoms with van der Waals surface area (Å²) < 4.78 is 23.5. The van der Waals surface area contributed by atoms with Crippen molar-refractivity contribution in [1.82, 2.24) is 0 Å². The first-order valence-electron chi connectivity index (χ1n) is 6.21. The Morgan fingerprint density at radius 1 is 1.19 bits per heavy atom. The molecule has 0 bridgehead atoms. The summed E-state index contributed by atoms with van der Waals surface area (Å²) in [6.07, 6.45) is 0. The van der Waals surface area contributed by atoms with Crippen LogP contribution in [0.1, 0.15) is 5.56 Å². The Morgan fingerprint density at radius 3 is 2.62 bits per heavy atom. The number of rotatable bonds is 6. The lowest BCUT2D eigenvalue weighted by atomic mass is 10.2. The summed E-state index contributed by atoms with van der Waals surface area (Å²) in [4.78, 5) is 11.5. The van der Waals surface area contributed by atoms with Crippen molar-refractivity contribution >= 4 is 11.7 Å². The molecule has 2 rings (SSSR count). The van der Waals surface area contributed by atoms with Gasteiger partial charge in [-0.1, -0.05) is 30.3 Å². The van der Waals surface area contributed by atoms with Crippen LogP contribution in [-0.4, -0.2) is 17.8 Å². The quantitative estimate of drug-likeness (QED) is 0.632. The number of anilines is 1. The maximum Gasteiger partial charge on any atom is 0.344 e. The number of benzene rings is 2. The molecular formula is C15H14FNO4. The van der Waals surface area contributed by atoms with E-state index in [2.05, 4.69) is 0 Å². The van der Waals surface area contributed by atoms with Crippen molar-refractivity contribution in [2.24, 2.45) is 0 Å². The maximum absolute atomic E-state index is 13.3. The van der Waals surface area contributed by atoms with E-state index in [9.17, 15) is 9.18 Å². The zero-order valence-electron chi connectivity index (χ0n) is 11.1. The van der Waals surface area contributed by atoms with E-state index in [1.54, 1.807) is 5.48 Å². The van der Waals surface area contributed by atoms with Gasteiger partial charge in [0.1, 0.15) is 12.4 Å². The Hall–Kier alpha value is -2.60. The minimum absolute atomic E-state index is 0.0750. The molecule has 2 N–H and O–H groups in total. The van der Waals surface area contributed by atoms with E-state index >= 15 is 0 Å². The van der Waals surface area contributed by atoms with Gasteiger partial charge in [0.2, 0.25) is 0 Å². The summed E-state index contributed by atoms with van der Waals surface area (Å²) in [5.41, 5.74) is 2.50. The molecular weight excluding hydrogens is 277 g/mol. The van der Waals surface area contributed by atoms with Gasteiger partial charge >= 0.3 is 5.97 Å². The standard InChI is InChI=1S/C15H14FNO4/c16-13-8-12(6-7-14(13)17-19)20-10-15(18)21-9-11-4-2-1-3-5-11/h1-8,17,19H,9-10H2. The van der Waals surface area contributed by atoms with Crippen molar-refractivity contribution in [1.29, 1.82) is 0 Å². The van der Waals surface area contributed by atoms with E-state index in [1.807, 2.05) is 30.3 Å². The molecule has 0 unspecified atom stereocenters. The lowest BCUT2D eigenvalue weighted by molar-refractivity contribution is -0.147. The third-order valence-corrected chi connectivity index (χ3v) is 2.66. The first-order chi connectivity index (χ1) is 10.2. The lowest BCUT2D eigenvalue weighted by Gasteiger charge is -2.08. The highest BCUT2D eigenvalue weighted by Crippen LogP contribution is 2.20. The largest absolute Gasteiger partial charge is 0.482 e. The zero-order valence-corrected chi connectivity index (χ0v) is 11.1. The van der Waals surface area contributed by atoms with Crippen LogP contribution in [0.25, 0.3) is 0 Å². The number of hydrogen-bond donors (Lipinski definition) is 2. The molecule has 0 spiro atoms. The van der Waals surface area contributed by atoms with Gasteiger partial charge in [0.25, 0.3) is 0 Å². The maximum atomic E-state index is 13.3. The van der Waals surface area contributed by atoms with Crippen LogP contribution in [0.3, 0.4) is 0 Å². The van der Waals surface area contributed by atoms with Gasteiger partial charge in [-0.2, -0.15) is 0 Å². The molecule has 0 amide bonds. The molecule has 0 aromatic heterocycles. The smallest absolute Gasteiger partial charge is 0.344 e. The van der Waals surface area contributed by atoms with Crippen LogP contribution in [0.2, 0.25) is 0 Å². The Kier molecular flexibility index (Phi) is 5.11. The summed E-state index contributed by atoms with van der Waals surface area (Å²) >= 11 is 0. The second-order valence-corrected chi connectivity index (χ2v) is 4.19. The molecule has 21 heavy (non-hydrogen) atoms. The monoisotopic (exact) mass is 291 g/mol. The van der Waals surface area contributed by atoms with E-state index in [1.165, 1.54) is 12.1 Å². The van der Waals surface area contributed by atoms with Crippen molar-refractivity contribution in [2.75, 3.05) is 12.1 Å². The molecule has 0 heterocycles. The fraction of sp³-hybridized carbons (Fsp3) is 0.133. The van der Waals surface area contributed by atoms with Gasteiger partial charge < -0.3 is 9.47 Å². The topological polar surface area (TPSA) is 67.8 Å². The molecule has 2 aromatic carbocycles. The average Bonchev–Trinajstić information content (AvgIpc) is 2.52. The third kappa shape index (κ3) is 4.47. The number of hydrogen-bond acceptors (Lipinski definition) is 5. The molecule has 5 nitrogen and oxygen atoms in total. The number of carbonyl (C=O) groups is 1. The van der Waals surface area contributed by atoms with Crippen molar-refractivity contribution in [3.8, 4) is 5.75 Å². The fourth-order valence-electron chi connectivity index (χ4n) is 1.60. The van der Waals surface area contributed by atoms with Crippen LogP contribution in [-0.2, 0) is 16.1 Å². The van der Waals surface area contributed by atoms with Gasteiger partial charge in [-0.3, -0.25) is 10.7 Å². The van der Waals surface area contributed by atoms with Gasteiger partial charge in [-0.25, -0.2) is 9.18 Å². The van der Waals surface area contributed by atoms with Crippen LogP contribution in [0, 0.1) is 5.82 Å². The Morgan fingerprint density at radius 2 is 1.95 bits per heavy atom. The minimum Gasteiger partial charge on any atom is -0.482 e. The van der Waals surface area contributed by atoms with Gasteiger partial charge in [0.05, 0.1) is 5.69 Å². The van der Waals surface area contributed by atoms with Crippen molar-refractivity contribution in [3.05, 3.63) is 59.9 Å². The number of esters is 1. The lowest BCUT2D eigenvalue weighted by Crippen LogP contribution is -2.14. The predicted molar refractivity (Wildman–Crippen MR) is 73.5 cm³/mol. The highest BCUT2D eigenvalue weighted by molar-refractivity contribution is 5.71. The first-order valence-corrected chi connectivity index (χ1v) is 6.21. The van der Waals surface area contributed by atoms with Gasteiger partial charge in [0.15, 0.2) is 12.4 Å². The fourth-order valence-corrected chi connectivity index (χ4v) is 1.60. The minimum atomic E-state index is -0.687. The highest BCUT2D eigenvalue weighted by atomic mass is 19.1. The summed E-state index contributed by atoms with van der Waals surface area (Å²) in [7, 11) is 0. The van der Waals surface area contributed by atoms with Crippen LogP contribution >= 0.6 is 0 Å². The van der Waals surface area contributed by atoms with E-state index < -0.39 is 11.8 Å². The van der Waals surface area contributed by atoms with Crippen molar-refractivity contribution in [3.63, 3.8) is 0 Å². The van der Waals surface area contributed by atoms with Crippen molar-refractivity contribution < 1.29 is 23.9 Å². The summed E-state index contributed by atoms with van der Waals surface area (Å²) in [6, 6.07) is 13.0. The Balaban J connectivity index is 1.80. The van der Waals surface area contributed by atoms with Crippen LogP contribution in [0.15, 0.2) is 48.5 Å². The summed E-state index contributed by atoms with van der Waals surface area (Å²) in [5, 5.41) is 8.60. The second kappa shape index (κ2) is 7.25. The molecule has 0 radical (unpaired) electrons. The normalized spacial score (nSPS) is 10.0. The molecule has 0 aliphatic rings. The third-order valence-electron chi connectivity index (χ3n) is 2.66. The van der Waals surface area contributed by atoms with E-state index in [0.29, 0.717) is 0 Å². The number of ether oxygens (including phenoxy) is 2. The molecule has 0 fully saturated rings. The van der Waals surface area contributed by atoms with Crippen LogP contribution < -0.4 is 10.2 Å². The molecule has 110 valence electrons. The molecule has 0 aliphatic heterocycles. The van der Waals surface area contributed by atoms with E-state index in [4.69, 9.17) is 14.7 Å². The number of nitrogens with one attached hydrogen (secondary N) is 1. The van der Waals surface area contributed by atoms with Crippen LogP contribution in [0.5, 0.6) is 5.75 Å². The number of carbonyl (C=O) groups excluding carboxylic acids is 1. The van der Waals surface area contributed by atoms with Crippen molar-refractivity contribution in [2.45, 2.75) is 6.61 Å².